The summed E-state index contributed by atoms with van der Waals surface area (Å²) in [6, 6.07) is 21.0. The molecule has 2 aliphatic rings. The molecule has 0 heterocycles. The van der Waals surface area contributed by atoms with Crippen LogP contribution in [0, 0.1) is 0 Å². The zero-order valence-corrected chi connectivity index (χ0v) is 34.7. The lowest BCUT2D eigenvalue weighted by molar-refractivity contribution is -0.480. The van der Waals surface area contributed by atoms with E-state index in [-0.39, 0.29) is 48.0 Å². The highest BCUT2D eigenvalue weighted by Gasteiger charge is 2.32. The first-order valence-electron chi connectivity index (χ1n) is 20.0. The monoisotopic (exact) mass is 836 g/mol. The predicted molar refractivity (Wildman–Crippen MR) is 235 cm³/mol. The highest BCUT2D eigenvalue weighted by molar-refractivity contribution is 6.39. The van der Waals surface area contributed by atoms with E-state index in [2.05, 4.69) is 35.8 Å². The van der Waals surface area contributed by atoms with E-state index in [1.54, 1.807) is 48.6 Å². The van der Waals surface area contributed by atoms with Gasteiger partial charge in [-0.05, 0) is 105 Å². The Bertz CT molecular complexity index is 2380. The van der Waals surface area contributed by atoms with Crippen LogP contribution in [0.15, 0.2) is 165 Å². The predicted octanol–water partition coefficient (Wildman–Crippen LogP) is 7.67. The van der Waals surface area contributed by atoms with Gasteiger partial charge in [-0.2, -0.15) is 4.58 Å². The lowest BCUT2D eigenvalue weighted by Crippen LogP contribution is -2.31. The van der Waals surface area contributed by atoms with Crippen LogP contribution in [0.5, 0.6) is 11.5 Å². The van der Waals surface area contributed by atoms with Crippen LogP contribution < -0.4 is 19.5 Å². The Hall–Kier alpha value is -7.60. The fourth-order valence-electron chi connectivity index (χ4n) is 6.96. The van der Waals surface area contributed by atoms with Crippen molar-refractivity contribution in [2.75, 3.05) is 18.1 Å². The summed E-state index contributed by atoms with van der Waals surface area (Å²) in [4.78, 5) is 62.4. The van der Waals surface area contributed by atoms with E-state index in [1.165, 1.54) is 0 Å². The second kappa shape index (κ2) is 21.6. The minimum absolute atomic E-state index is 0.0882. The number of esters is 4. The number of allylic oxidation sites excluding steroid dienone is 7. The Morgan fingerprint density at radius 3 is 1.60 bits per heavy atom. The van der Waals surface area contributed by atoms with E-state index in [0.717, 1.165) is 47.1 Å². The van der Waals surface area contributed by atoms with Crippen molar-refractivity contribution < 1.29 is 52.6 Å². The minimum atomic E-state index is -0.577. The van der Waals surface area contributed by atoms with E-state index in [1.807, 2.05) is 62.4 Å². The quantitative estimate of drug-likeness (QED) is 0.0363. The largest absolute Gasteiger partial charge is 0.871 e. The lowest BCUT2D eigenvalue weighted by atomic mass is 9.80. The molecule has 2 atom stereocenters. The highest BCUT2D eigenvalue weighted by Crippen LogP contribution is 2.39. The molecule has 0 amide bonds. The van der Waals surface area contributed by atoms with E-state index in [9.17, 15) is 29.1 Å². The molecule has 62 heavy (non-hydrogen) atoms. The first kappa shape index (κ1) is 45.5. The van der Waals surface area contributed by atoms with Crippen LogP contribution in [0.2, 0.25) is 0 Å². The molecule has 0 spiro atoms. The van der Waals surface area contributed by atoms with Crippen molar-refractivity contribution in [1.82, 2.24) is 0 Å². The standard InChI is InChI=1S/C50H48N2O10/c1-7-43(53)59-31-11-13-33(5)51(39-23-27-41(28-24-39)61-45(55)9-3)37-19-15-35(16-20-37)47-49(57)48(50(47)58)36-17-21-38(22-18-36)52(34(6)14-12-32-60-44(54)8-2)40-25-29-42(30-26-40)62-46(56)10-4/h7-10,15-30,33-34H,1-4,11-14,31-32H2,5-6H3. The zero-order valence-electron chi connectivity index (χ0n) is 34.7. The third kappa shape index (κ3) is 11.4. The normalized spacial score (nSPS) is 13.9. The fourth-order valence-corrected chi connectivity index (χ4v) is 6.96. The van der Waals surface area contributed by atoms with E-state index in [0.29, 0.717) is 48.3 Å². The molecule has 0 radical (unpaired) electrons. The number of carbonyl (C=O) groups is 5. The number of ether oxygens (including phenoxy) is 4. The van der Waals surface area contributed by atoms with Gasteiger partial charge in [-0.15, -0.1) is 0 Å². The Morgan fingerprint density at radius 1 is 0.645 bits per heavy atom. The first-order chi connectivity index (χ1) is 29.9. The van der Waals surface area contributed by atoms with Crippen LogP contribution >= 0.6 is 0 Å². The molecule has 3 aromatic rings. The number of anilines is 2. The van der Waals surface area contributed by atoms with Crippen LogP contribution in [0.3, 0.4) is 0 Å². The molecule has 2 unspecified atom stereocenters. The highest BCUT2D eigenvalue weighted by atomic mass is 16.5. The van der Waals surface area contributed by atoms with Gasteiger partial charge in [0.15, 0.2) is 11.8 Å². The Balaban J connectivity index is 1.39. The molecule has 0 aromatic heterocycles. The van der Waals surface area contributed by atoms with E-state index < -0.39 is 23.9 Å². The summed E-state index contributed by atoms with van der Waals surface area (Å²) < 4.78 is 22.9. The van der Waals surface area contributed by atoms with Crippen LogP contribution in [-0.2, 0) is 33.4 Å². The zero-order chi connectivity index (χ0) is 44.8. The molecular weight excluding hydrogens is 789 g/mol. The summed E-state index contributed by atoms with van der Waals surface area (Å²) in [6.45, 7) is 18.2. The first-order valence-corrected chi connectivity index (χ1v) is 20.0. The van der Waals surface area contributed by atoms with Crippen molar-refractivity contribution >= 4 is 58.0 Å². The van der Waals surface area contributed by atoms with Gasteiger partial charge in [0.05, 0.1) is 13.2 Å². The molecule has 12 heteroatoms. The maximum Gasteiger partial charge on any atom is 0.335 e. The fraction of sp³-hybridized carbons (Fsp3) is 0.200. The number of nitrogens with zero attached hydrogens (tertiary/aromatic N) is 2. The summed E-state index contributed by atoms with van der Waals surface area (Å²) >= 11 is 0. The molecule has 0 N–H and O–H groups in total. The topological polar surface area (TPSA) is 152 Å². The molecule has 2 aliphatic carbocycles. The average molecular weight is 837 g/mol. The second-order valence-corrected chi connectivity index (χ2v) is 14.2. The molecule has 318 valence electrons. The van der Waals surface area contributed by atoms with Crippen molar-refractivity contribution in [2.24, 2.45) is 0 Å². The number of ketones is 1. The molecule has 0 aliphatic heterocycles. The van der Waals surface area contributed by atoms with Gasteiger partial charge >= 0.3 is 23.9 Å². The number of carbonyl (C=O) groups excluding carboxylic acids is 5. The molecule has 5 rings (SSSR count). The van der Waals surface area contributed by atoms with E-state index in [4.69, 9.17) is 18.9 Å². The van der Waals surface area contributed by atoms with Crippen molar-refractivity contribution in [1.29, 1.82) is 0 Å². The van der Waals surface area contributed by atoms with Crippen LogP contribution in [0.4, 0.5) is 17.1 Å². The van der Waals surface area contributed by atoms with Gasteiger partial charge in [0.25, 0.3) is 0 Å². The van der Waals surface area contributed by atoms with Gasteiger partial charge in [0, 0.05) is 83.6 Å². The summed E-state index contributed by atoms with van der Waals surface area (Å²) in [5.74, 6) is -2.15. The van der Waals surface area contributed by atoms with Crippen molar-refractivity contribution in [3.05, 3.63) is 170 Å². The van der Waals surface area contributed by atoms with Gasteiger partial charge in [-0.25, -0.2) is 19.2 Å². The van der Waals surface area contributed by atoms with Gasteiger partial charge in [-0.1, -0.05) is 44.2 Å². The third-order valence-electron chi connectivity index (χ3n) is 10.0. The molecular formula is C50H48N2O10. The van der Waals surface area contributed by atoms with Crippen LogP contribution in [0.1, 0.15) is 45.1 Å². The van der Waals surface area contributed by atoms with Crippen molar-refractivity contribution in [2.45, 2.75) is 51.6 Å². The SMILES string of the molecule is C=CC(=O)OCCCC(C)N(c1ccc(OC(=O)C=C)cc1)c1ccc(C2=C([O-])C(=C3C=CC(=[N+](c4ccc(OC(=O)C=C)cc4)C(C)CCCOC(=O)C=C)C=C3)C2=O)cc1. The summed E-state index contributed by atoms with van der Waals surface area (Å²) in [5.41, 5.74) is 4.31. The number of rotatable bonds is 20. The maximum absolute atomic E-state index is 13.7. The number of benzene rings is 3. The maximum atomic E-state index is 13.7. The summed E-state index contributed by atoms with van der Waals surface area (Å²) in [6.07, 6.45) is 14.0. The van der Waals surface area contributed by atoms with Crippen molar-refractivity contribution in [3.63, 3.8) is 0 Å². The van der Waals surface area contributed by atoms with Crippen LogP contribution in [0.25, 0.3) is 5.57 Å². The van der Waals surface area contributed by atoms with Gasteiger partial charge in [0.2, 0.25) is 11.4 Å². The average Bonchev–Trinajstić information content (AvgIpc) is 3.28. The van der Waals surface area contributed by atoms with E-state index >= 15 is 0 Å². The van der Waals surface area contributed by atoms with Gasteiger partial charge in [-0.3, -0.25) is 4.79 Å². The van der Waals surface area contributed by atoms with Crippen molar-refractivity contribution in [3.8, 4) is 11.5 Å². The van der Waals surface area contributed by atoms with Gasteiger partial charge in [0.1, 0.15) is 11.5 Å². The third-order valence-corrected chi connectivity index (χ3v) is 10.0. The smallest absolute Gasteiger partial charge is 0.335 e. The number of Topliss-reactive ketones (excluding diaryl/α,β-unsaturated/α-hetero) is 1. The molecule has 0 saturated heterocycles. The Labute approximate surface area is 361 Å². The summed E-state index contributed by atoms with van der Waals surface area (Å²) in [5, 5.41) is 13.7. The molecule has 12 nitrogen and oxygen atoms in total. The molecule has 3 aromatic carbocycles. The Morgan fingerprint density at radius 2 is 1.11 bits per heavy atom. The molecule has 0 bridgehead atoms. The van der Waals surface area contributed by atoms with Gasteiger partial charge < -0.3 is 29.0 Å². The second-order valence-electron chi connectivity index (χ2n) is 14.2. The summed E-state index contributed by atoms with van der Waals surface area (Å²) in [7, 11) is 0. The lowest BCUT2D eigenvalue weighted by Gasteiger charge is -2.34. The minimum Gasteiger partial charge on any atom is -0.871 e. The Kier molecular flexibility index (Phi) is 15.8. The molecule has 0 fully saturated rings. The number of hydrogen-bond donors (Lipinski definition) is 0. The number of hydrogen-bond acceptors (Lipinski definition) is 11. The van der Waals surface area contributed by atoms with Crippen LogP contribution in [-0.4, -0.2) is 65.2 Å². The molecule has 0 saturated carbocycles.